The van der Waals surface area contributed by atoms with Gasteiger partial charge in [-0.1, -0.05) is 0 Å². The summed E-state index contributed by atoms with van der Waals surface area (Å²) in [5.41, 5.74) is 9.58. The van der Waals surface area contributed by atoms with Crippen LogP contribution >= 0.6 is 0 Å². The number of primary amides is 1. The molecule has 2 rings (SSSR count). The molecule has 0 saturated heterocycles. The maximum absolute atomic E-state index is 12.6. The molecule has 5 nitrogen and oxygen atoms in total. The van der Waals surface area contributed by atoms with Gasteiger partial charge in [-0.15, -0.1) is 0 Å². The molecule has 0 radical (unpaired) electrons. The lowest BCUT2D eigenvalue weighted by Gasteiger charge is -2.19. The van der Waals surface area contributed by atoms with Crippen LogP contribution in [0.3, 0.4) is 0 Å². The number of ether oxygens (including phenoxy) is 1. The summed E-state index contributed by atoms with van der Waals surface area (Å²) in [5.74, 6) is -1.30. The van der Waals surface area contributed by atoms with E-state index in [1.165, 1.54) is 0 Å². The lowest BCUT2D eigenvalue weighted by molar-refractivity contribution is -0.141. The second-order valence-corrected chi connectivity index (χ2v) is 4.66. The highest BCUT2D eigenvalue weighted by atomic mass is 19.4. The smallest absolute Gasteiger partial charge is 0.433 e. The van der Waals surface area contributed by atoms with E-state index in [-0.39, 0.29) is 11.6 Å². The van der Waals surface area contributed by atoms with Crippen molar-refractivity contribution < 1.29 is 22.7 Å². The molecule has 4 N–H and O–H groups in total. The van der Waals surface area contributed by atoms with Crippen LogP contribution in [-0.4, -0.2) is 23.0 Å². The molecule has 0 aliphatic heterocycles. The number of nitrogens with zero attached hydrogens (tertiary/aromatic N) is 1. The topological polar surface area (TPSA) is 91.2 Å². The molecule has 1 fully saturated rings. The van der Waals surface area contributed by atoms with E-state index in [0.29, 0.717) is 12.5 Å². The van der Waals surface area contributed by atoms with Crippen molar-refractivity contribution in [3.8, 4) is 5.88 Å². The van der Waals surface area contributed by atoms with E-state index in [1.807, 2.05) is 0 Å². The van der Waals surface area contributed by atoms with Gasteiger partial charge in [0, 0.05) is 6.04 Å². The number of carbonyl (C=O) groups is 1. The van der Waals surface area contributed by atoms with Crippen LogP contribution in [0.1, 0.15) is 35.3 Å². The largest absolute Gasteiger partial charge is 0.472 e. The number of rotatable bonds is 3. The number of aromatic nitrogens is 1. The molecule has 2 atom stereocenters. The van der Waals surface area contributed by atoms with Gasteiger partial charge in [0.2, 0.25) is 5.88 Å². The van der Waals surface area contributed by atoms with Crippen LogP contribution in [0, 0.1) is 0 Å². The quantitative estimate of drug-likeness (QED) is 0.881. The molecule has 20 heavy (non-hydrogen) atoms. The lowest BCUT2D eigenvalue weighted by atomic mass is 10.2. The van der Waals surface area contributed by atoms with Gasteiger partial charge in [-0.3, -0.25) is 4.79 Å². The zero-order chi connectivity index (χ0) is 14.9. The Labute approximate surface area is 113 Å². The van der Waals surface area contributed by atoms with Crippen molar-refractivity contribution in [3.05, 3.63) is 23.4 Å². The fourth-order valence-corrected chi connectivity index (χ4v) is 2.12. The number of nitrogens with two attached hydrogens (primary N) is 2. The third-order valence-electron chi connectivity index (χ3n) is 3.18. The molecule has 0 aromatic carbocycles. The summed E-state index contributed by atoms with van der Waals surface area (Å²) in [7, 11) is 0. The molecular formula is C12H14F3N3O2. The van der Waals surface area contributed by atoms with Gasteiger partial charge in [-0.25, -0.2) is 4.98 Å². The normalized spacial score (nSPS) is 22.8. The van der Waals surface area contributed by atoms with Gasteiger partial charge in [0.25, 0.3) is 5.91 Å². The van der Waals surface area contributed by atoms with Crippen LogP contribution in [0.4, 0.5) is 13.2 Å². The van der Waals surface area contributed by atoms with E-state index in [2.05, 4.69) is 4.98 Å². The van der Waals surface area contributed by atoms with Crippen molar-refractivity contribution in [2.45, 2.75) is 37.6 Å². The summed E-state index contributed by atoms with van der Waals surface area (Å²) in [5, 5.41) is 0. The average molecular weight is 289 g/mol. The third-order valence-corrected chi connectivity index (χ3v) is 3.18. The van der Waals surface area contributed by atoms with E-state index in [0.717, 1.165) is 18.9 Å². The molecule has 1 aliphatic rings. The van der Waals surface area contributed by atoms with Crippen molar-refractivity contribution >= 4 is 5.91 Å². The first kappa shape index (κ1) is 14.6. The fraction of sp³-hybridized carbons (Fsp3) is 0.500. The Morgan fingerprint density at radius 3 is 2.55 bits per heavy atom. The Morgan fingerprint density at radius 2 is 2.05 bits per heavy atom. The number of halogens is 3. The van der Waals surface area contributed by atoms with Gasteiger partial charge in [0.05, 0.1) is 0 Å². The minimum atomic E-state index is -4.62. The zero-order valence-electron chi connectivity index (χ0n) is 10.5. The van der Waals surface area contributed by atoms with Crippen LogP contribution in [0.5, 0.6) is 5.88 Å². The van der Waals surface area contributed by atoms with E-state index < -0.39 is 29.8 Å². The maximum atomic E-state index is 12.6. The zero-order valence-corrected chi connectivity index (χ0v) is 10.5. The SMILES string of the molecule is NC(=O)c1ccc(C(F)(F)F)nc1OC1CCCC1N. The van der Waals surface area contributed by atoms with Gasteiger partial charge in [0.1, 0.15) is 17.4 Å². The summed E-state index contributed by atoms with van der Waals surface area (Å²) < 4.78 is 43.3. The third kappa shape index (κ3) is 3.01. The van der Waals surface area contributed by atoms with Crippen LogP contribution in [0.2, 0.25) is 0 Å². The molecule has 0 spiro atoms. The Hall–Kier alpha value is -1.83. The molecule has 0 bridgehead atoms. The Bertz CT molecular complexity index is 519. The molecule has 1 heterocycles. The number of pyridine rings is 1. The molecule has 1 aliphatic carbocycles. The first-order valence-corrected chi connectivity index (χ1v) is 6.09. The van der Waals surface area contributed by atoms with Gasteiger partial charge < -0.3 is 16.2 Å². The summed E-state index contributed by atoms with van der Waals surface area (Å²) in [6.07, 6.45) is -2.93. The monoisotopic (exact) mass is 289 g/mol. The first-order valence-electron chi connectivity index (χ1n) is 6.09. The maximum Gasteiger partial charge on any atom is 0.433 e. The number of alkyl halides is 3. The molecule has 1 amide bonds. The number of hydrogen-bond acceptors (Lipinski definition) is 4. The van der Waals surface area contributed by atoms with Crippen LogP contribution in [0.15, 0.2) is 12.1 Å². The summed E-state index contributed by atoms with van der Waals surface area (Å²) in [6, 6.07) is 1.38. The predicted octanol–water partition coefficient (Wildman–Crippen LogP) is 1.46. The van der Waals surface area contributed by atoms with E-state index >= 15 is 0 Å². The second-order valence-electron chi connectivity index (χ2n) is 4.66. The van der Waals surface area contributed by atoms with Crippen molar-refractivity contribution in [1.82, 2.24) is 4.98 Å². The second kappa shape index (κ2) is 5.28. The Balaban J connectivity index is 2.34. The standard InChI is InChI=1S/C12H14F3N3O2/c13-12(14,15)9-5-4-6(10(17)19)11(18-9)20-8-3-1-2-7(8)16/h4-5,7-8H,1-3,16H2,(H2,17,19). The molecular weight excluding hydrogens is 275 g/mol. The molecule has 110 valence electrons. The Morgan fingerprint density at radius 1 is 1.35 bits per heavy atom. The molecule has 8 heteroatoms. The molecule has 1 aromatic heterocycles. The Kier molecular flexibility index (Phi) is 3.85. The lowest BCUT2D eigenvalue weighted by Crippen LogP contribution is -2.34. The van der Waals surface area contributed by atoms with Crippen LogP contribution in [-0.2, 0) is 6.18 Å². The highest BCUT2D eigenvalue weighted by Gasteiger charge is 2.35. The van der Waals surface area contributed by atoms with Gasteiger partial charge >= 0.3 is 6.18 Å². The van der Waals surface area contributed by atoms with Gasteiger partial charge in [-0.05, 0) is 31.4 Å². The minimum absolute atomic E-state index is 0.183. The summed E-state index contributed by atoms with van der Waals surface area (Å²) in [4.78, 5) is 14.6. The molecule has 1 aromatic rings. The van der Waals surface area contributed by atoms with Crippen LogP contribution < -0.4 is 16.2 Å². The van der Waals surface area contributed by atoms with Crippen molar-refractivity contribution in [1.29, 1.82) is 0 Å². The van der Waals surface area contributed by atoms with E-state index in [1.54, 1.807) is 0 Å². The van der Waals surface area contributed by atoms with E-state index in [9.17, 15) is 18.0 Å². The molecule has 2 unspecified atom stereocenters. The summed E-state index contributed by atoms with van der Waals surface area (Å²) in [6.45, 7) is 0. The van der Waals surface area contributed by atoms with Gasteiger partial charge in [0.15, 0.2) is 0 Å². The van der Waals surface area contributed by atoms with Crippen molar-refractivity contribution in [3.63, 3.8) is 0 Å². The minimum Gasteiger partial charge on any atom is -0.472 e. The number of amides is 1. The van der Waals surface area contributed by atoms with Crippen LogP contribution in [0.25, 0.3) is 0 Å². The predicted molar refractivity (Wildman–Crippen MR) is 64.0 cm³/mol. The first-order chi connectivity index (χ1) is 9.29. The summed E-state index contributed by atoms with van der Waals surface area (Å²) >= 11 is 0. The number of hydrogen-bond donors (Lipinski definition) is 2. The average Bonchev–Trinajstić information content (AvgIpc) is 2.73. The molecule has 1 saturated carbocycles. The fourth-order valence-electron chi connectivity index (χ4n) is 2.12. The van der Waals surface area contributed by atoms with Crippen molar-refractivity contribution in [2.75, 3.05) is 0 Å². The van der Waals surface area contributed by atoms with Crippen molar-refractivity contribution in [2.24, 2.45) is 11.5 Å². The highest BCUT2D eigenvalue weighted by Crippen LogP contribution is 2.31. The van der Waals surface area contributed by atoms with E-state index in [4.69, 9.17) is 16.2 Å². The highest BCUT2D eigenvalue weighted by molar-refractivity contribution is 5.95. The number of carbonyl (C=O) groups excluding carboxylic acids is 1. The van der Waals surface area contributed by atoms with Gasteiger partial charge in [-0.2, -0.15) is 13.2 Å².